The van der Waals surface area contributed by atoms with Crippen LogP contribution in [0.2, 0.25) is 0 Å². The molecule has 3 amide bonds. The van der Waals surface area contributed by atoms with Crippen molar-refractivity contribution in [2.45, 2.75) is 26.2 Å². The summed E-state index contributed by atoms with van der Waals surface area (Å²) in [6, 6.07) is 17.9. The molecule has 178 valence electrons. The SMILES string of the molecule is CC(=O)Nc1nc(CCc2ccc(NC=NC(=O)O)cc2)c(Cc2ccccc2)s1.NC(=O)O. The van der Waals surface area contributed by atoms with Crippen LogP contribution in [0.3, 0.4) is 0 Å². The largest absolute Gasteiger partial charge is 0.465 e. The normalized spacial score (nSPS) is 10.3. The Bertz CT molecular complexity index is 1130. The number of benzene rings is 2. The minimum atomic E-state index is -1.33. The van der Waals surface area contributed by atoms with Crippen molar-refractivity contribution in [2.75, 3.05) is 10.6 Å². The number of aliphatic imine (C=N–C) groups is 1. The van der Waals surface area contributed by atoms with E-state index in [9.17, 15) is 9.59 Å². The Balaban J connectivity index is 0.000000945. The lowest BCUT2D eigenvalue weighted by atomic mass is 10.0. The Morgan fingerprint density at radius 3 is 2.26 bits per heavy atom. The van der Waals surface area contributed by atoms with Gasteiger partial charge in [0.25, 0.3) is 0 Å². The fraction of sp³-hybridized carbons (Fsp3) is 0.174. The van der Waals surface area contributed by atoms with Gasteiger partial charge in [-0.2, -0.15) is 4.99 Å². The van der Waals surface area contributed by atoms with E-state index in [0.717, 1.165) is 47.4 Å². The number of carbonyl (C=O) groups is 3. The number of rotatable bonds is 8. The molecule has 0 radical (unpaired) electrons. The molecule has 0 aliphatic heterocycles. The molecule has 0 saturated carbocycles. The number of anilines is 2. The molecule has 1 heterocycles. The van der Waals surface area contributed by atoms with Gasteiger partial charge >= 0.3 is 12.2 Å². The van der Waals surface area contributed by atoms with Crippen LogP contribution in [0.1, 0.15) is 28.6 Å². The van der Waals surface area contributed by atoms with Gasteiger partial charge in [-0.15, -0.1) is 11.3 Å². The second kappa shape index (κ2) is 13.3. The number of nitrogens with one attached hydrogen (secondary N) is 2. The third kappa shape index (κ3) is 9.92. The lowest BCUT2D eigenvalue weighted by Gasteiger charge is -2.05. The second-order valence-corrected chi connectivity index (χ2v) is 8.04. The number of carboxylic acid groups (broad SMARTS) is 2. The number of aromatic nitrogens is 1. The van der Waals surface area contributed by atoms with E-state index in [2.05, 4.69) is 38.5 Å². The number of aryl methyl sites for hydroxylation is 2. The summed E-state index contributed by atoms with van der Waals surface area (Å²) in [6.45, 7) is 1.48. The molecule has 0 unspecified atom stereocenters. The van der Waals surface area contributed by atoms with Crippen LogP contribution in [0.25, 0.3) is 0 Å². The van der Waals surface area contributed by atoms with Crippen molar-refractivity contribution < 1.29 is 24.6 Å². The van der Waals surface area contributed by atoms with Crippen molar-refractivity contribution in [3.8, 4) is 0 Å². The third-order valence-corrected chi connectivity index (χ3v) is 5.29. The van der Waals surface area contributed by atoms with E-state index >= 15 is 0 Å². The van der Waals surface area contributed by atoms with Crippen LogP contribution in [0, 0.1) is 0 Å². The van der Waals surface area contributed by atoms with Crippen LogP contribution in [0.4, 0.5) is 20.4 Å². The molecule has 0 aliphatic rings. The maximum atomic E-state index is 11.4. The Labute approximate surface area is 200 Å². The number of nitrogens with zero attached hydrogens (tertiary/aromatic N) is 2. The first-order valence-corrected chi connectivity index (χ1v) is 10.9. The third-order valence-electron chi connectivity index (χ3n) is 4.28. The zero-order valence-corrected chi connectivity index (χ0v) is 19.2. The van der Waals surface area contributed by atoms with Crippen molar-refractivity contribution in [3.63, 3.8) is 0 Å². The van der Waals surface area contributed by atoms with Crippen molar-refractivity contribution >= 4 is 46.6 Å². The second-order valence-electron chi connectivity index (χ2n) is 6.95. The highest BCUT2D eigenvalue weighted by atomic mass is 32.1. The summed E-state index contributed by atoms with van der Waals surface area (Å²) in [5.41, 5.74) is 8.12. The molecule has 1 aromatic heterocycles. The number of thiazole rings is 1. The standard InChI is InChI=1S/C22H22N4O3S.CH3NO2/c1-15(27)25-21-26-19(20(30-21)13-17-5-3-2-4-6-17)12-9-16-7-10-18(11-8-16)23-14-24-22(28)29;2-1(3)4/h2-8,10-11,14H,9,12-13H2,1H3,(H,23,24)(H,28,29)(H,25,26,27);2H2,(H,3,4). The minimum Gasteiger partial charge on any atom is -0.465 e. The maximum Gasteiger partial charge on any atom is 0.432 e. The maximum absolute atomic E-state index is 11.4. The molecule has 0 bridgehead atoms. The van der Waals surface area contributed by atoms with Gasteiger partial charge in [0.05, 0.1) is 12.0 Å². The summed E-state index contributed by atoms with van der Waals surface area (Å²) in [7, 11) is 0. The Hall–Kier alpha value is -4.25. The molecule has 0 atom stereocenters. The quantitative estimate of drug-likeness (QED) is 0.236. The fourth-order valence-corrected chi connectivity index (χ4v) is 3.98. The van der Waals surface area contributed by atoms with E-state index in [0.29, 0.717) is 5.13 Å². The van der Waals surface area contributed by atoms with Gasteiger partial charge in [0.15, 0.2) is 5.13 Å². The highest BCUT2D eigenvalue weighted by molar-refractivity contribution is 7.15. The lowest BCUT2D eigenvalue weighted by molar-refractivity contribution is -0.114. The first kappa shape index (κ1) is 26.0. The van der Waals surface area contributed by atoms with Gasteiger partial charge in [-0.05, 0) is 36.1 Å². The average molecular weight is 484 g/mol. The molecular weight excluding hydrogens is 458 g/mol. The molecule has 10 nitrogen and oxygen atoms in total. The van der Waals surface area contributed by atoms with Gasteiger partial charge in [-0.3, -0.25) is 4.79 Å². The highest BCUT2D eigenvalue weighted by Gasteiger charge is 2.13. The first-order chi connectivity index (χ1) is 16.2. The number of amides is 3. The van der Waals surface area contributed by atoms with Gasteiger partial charge in [-0.25, -0.2) is 14.6 Å². The molecule has 3 aromatic rings. The van der Waals surface area contributed by atoms with Crippen molar-refractivity contribution in [1.82, 2.24) is 4.98 Å². The number of primary amides is 1. The summed E-state index contributed by atoms with van der Waals surface area (Å²) in [5, 5.41) is 21.9. The van der Waals surface area contributed by atoms with E-state index < -0.39 is 12.2 Å². The van der Waals surface area contributed by atoms with Gasteiger partial charge in [0, 0.05) is 23.9 Å². The summed E-state index contributed by atoms with van der Waals surface area (Å²) in [6.07, 6.45) is 0.901. The molecule has 0 aliphatic carbocycles. The topological polar surface area (TPSA) is 167 Å². The smallest absolute Gasteiger partial charge is 0.432 e. The van der Waals surface area contributed by atoms with E-state index in [1.54, 1.807) is 0 Å². The molecule has 3 rings (SSSR count). The van der Waals surface area contributed by atoms with Crippen molar-refractivity contribution in [2.24, 2.45) is 10.7 Å². The van der Waals surface area contributed by atoms with E-state index in [-0.39, 0.29) is 5.91 Å². The van der Waals surface area contributed by atoms with Crippen LogP contribution in [-0.2, 0) is 24.1 Å². The van der Waals surface area contributed by atoms with E-state index in [1.807, 2.05) is 42.5 Å². The van der Waals surface area contributed by atoms with Gasteiger partial charge in [0.1, 0.15) is 0 Å². The van der Waals surface area contributed by atoms with Crippen LogP contribution >= 0.6 is 11.3 Å². The summed E-state index contributed by atoms with van der Waals surface area (Å²) >= 11 is 1.52. The number of hydrogen-bond acceptors (Lipinski definition) is 5. The Kier molecular flexibility index (Phi) is 10.2. The van der Waals surface area contributed by atoms with Crippen LogP contribution in [0.15, 0.2) is 59.6 Å². The first-order valence-electron chi connectivity index (χ1n) is 10.1. The Morgan fingerprint density at radius 1 is 1.03 bits per heavy atom. The van der Waals surface area contributed by atoms with E-state index in [4.69, 9.17) is 15.0 Å². The predicted octanol–water partition coefficient (Wildman–Crippen LogP) is 4.22. The number of carbonyl (C=O) groups excluding carboxylic acids is 1. The molecule has 6 N–H and O–H groups in total. The zero-order chi connectivity index (χ0) is 24.9. The van der Waals surface area contributed by atoms with Crippen molar-refractivity contribution in [3.05, 3.63) is 76.3 Å². The van der Waals surface area contributed by atoms with Gasteiger partial charge < -0.3 is 26.6 Å². The summed E-state index contributed by atoms with van der Waals surface area (Å²) in [5.74, 6) is -0.129. The number of nitrogens with two attached hydrogens (primary N) is 1. The molecule has 0 saturated heterocycles. The van der Waals surface area contributed by atoms with E-state index in [1.165, 1.54) is 23.8 Å². The predicted molar refractivity (Wildman–Crippen MR) is 132 cm³/mol. The zero-order valence-electron chi connectivity index (χ0n) is 18.4. The Morgan fingerprint density at radius 2 is 1.68 bits per heavy atom. The van der Waals surface area contributed by atoms with Gasteiger partial charge in [0.2, 0.25) is 5.91 Å². The average Bonchev–Trinajstić information content (AvgIpc) is 3.13. The molecule has 0 fully saturated rings. The fourth-order valence-electron chi connectivity index (χ4n) is 2.89. The molecule has 34 heavy (non-hydrogen) atoms. The molecule has 0 spiro atoms. The van der Waals surface area contributed by atoms with Crippen LogP contribution in [-0.4, -0.2) is 39.6 Å². The molecule has 2 aromatic carbocycles. The van der Waals surface area contributed by atoms with Crippen LogP contribution in [0.5, 0.6) is 0 Å². The molecular formula is C23H25N5O5S. The summed E-state index contributed by atoms with van der Waals surface area (Å²) in [4.78, 5) is 39.6. The van der Waals surface area contributed by atoms with Gasteiger partial charge in [-0.1, -0.05) is 42.5 Å². The minimum absolute atomic E-state index is 0.129. The number of hydrogen-bond donors (Lipinski definition) is 5. The van der Waals surface area contributed by atoms with Crippen LogP contribution < -0.4 is 16.4 Å². The monoisotopic (exact) mass is 483 g/mol. The lowest BCUT2D eigenvalue weighted by Crippen LogP contribution is -2.05. The highest BCUT2D eigenvalue weighted by Crippen LogP contribution is 2.27. The summed E-state index contributed by atoms with van der Waals surface area (Å²) < 4.78 is 0. The molecule has 11 heteroatoms. The van der Waals surface area contributed by atoms with Crippen molar-refractivity contribution in [1.29, 1.82) is 0 Å².